The van der Waals surface area contributed by atoms with E-state index in [9.17, 15) is 4.79 Å². The highest BCUT2D eigenvalue weighted by molar-refractivity contribution is 5.75. The normalized spacial score (nSPS) is 20.8. The number of ether oxygens (including phenoxy) is 1. The number of hydrogen-bond acceptors (Lipinski definition) is 2. The van der Waals surface area contributed by atoms with Crippen LogP contribution in [0.25, 0.3) is 0 Å². The van der Waals surface area contributed by atoms with E-state index < -0.39 is 0 Å². The number of para-hydroxylation sites is 1. The highest BCUT2D eigenvalue weighted by Crippen LogP contribution is 2.40. The van der Waals surface area contributed by atoms with E-state index in [2.05, 4.69) is 12.1 Å². The van der Waals surface area contributed by atoms with Crippen LogP contribution in [0.4, 0.5) is 0 Å². The van der Waals surface area contributed by atoms with E-state index in [0.29, 0.717) is 17.6 Å². The molecule has 0 aromatic heterocycles. The SMILES string of the molecule is CC(=O)CC1CCC(c2ccc(Oc3ccccc3)cc2)C1. The number of rotatable bonds is 5. The number of ketones is 1. The van der Waals surface area contributed by atoms with E-state index in [1.807, 2.05) is 42.5 Å². The van der Waals surface area contributed by atoms with Crippen molar-refractivity contribution in [1.29, 1.82) is 0 Å². The third-order valence-electron chi connectivity index (χ3n) is 4.45. The van der Waals surface area contributed by atoms with Gasteiger partial charge in [-0.2, -0.15) is 0 Å². The van der Waals surface area contributed by atoms with Crippen molar-refractivity contribution in [3.8, 4) is 11.5 Å². The number of carbonyl (C=O) groups excluding carboxylic acids is 1. The zero-order valence-corrected chi connectivity index (χ0v) is 13.0. The molecule has 1 aliphatic carbocycles. The van der Waals surface area contributed by atoms with Gasteiger partial charge < -0.3 is 9.53 Å². The van der Waals surface area contributed by atoms with Crippen LogP contribution in [0.15, 0.2) is 54.6 Å². The Bertz CT molecular complexity index is 616. The van der Waals surface area contributed by atoms with Gasteiger partial charge in [-0.25, -0.2) is 0 Å². The van der Waals surface area contributed by atoms with Crippen LogP contribution in [-0.4, -0.2) is 5.78 Å². The highest BCUT2D eigenvalue weighted by atomic mass is 16.5. The minimum Gasteiger partial charge on any atom is -0.457 e. The van der Waals surface area contributed by atoms with Crippen molar-refractivity contribution >= 4 is 5.78 Å². The summed E-state index contributed by atoms with van der Waals surface area (Å²) in [6.07, 6.45) is 4.24. The summed E-state index contributed by atoms with van der Waals surface area (Å²) < 4.78 is 5.83. The largest absolute Gasteiger partial charge is 0.457 e. The van der Waals surface area contributed by atoms with Crippen molar-refractivity contribution in [2.45, 2.75) is 38.5 Å². The van der Waals surface area contributed by atoms with Crippen LogP contribution in [0.5, 0.6) is 11.5 Å². The Morgan fingerprint density at radius 2 is 1.68 bits per heavy atom. The van der Waals surface area contributed by atoms with Gasteiger partial charge in [-0.05, 0) is 67.9 Å². The summed E-state index contributed by atoms with van der Waals surface area (Å²) in [5.74, 6) is 3.21. The fourth-order valence-corrected chi connectivity index (χ4v) is 3.40. The Balaban J connectivity index is 1.61. The minimum atomic E-state index is 0.317. The number of carbonyl (C=O) groups is 1. The quantitative estimate of drug-likeness (QED) is 0.743. The van der Waals surface area contributed by atoms with Crippen LogP contribution in [0.2, 0.25) is 0 Å². The molecule has 22 heavy (non-hydrogen) atoms. The van der Waals surface area contributed by atoms with E-state index >= 15 is 0 Å². The summed E-state index contributed by atoms with van der Waals surface area (Å²) in [6, 6.07) is 18.2. The molecule has 2 heteroatoms. The van der Waals surface area contributed by atoms with Crippen molar-refractivity contribution in [2.24, 2.45) is 5.92 Å². The van der Waals surface area contributed by atoms with Crippen LogP contribution < -0.4 is 4.74 Å². The zero-order chi connectivity index (χ0) is 15.4. The molecule has 1 fully saturated rings. The summed E-state index contributed by atoms with van der Waals surface area (Å²) in [5, 5.41) is 0. The third kappa shape index (κ3) is 3.76. The van der Waals surface area contributed by atoms with Gasteiger partial charge in [-0.1, -0.05) is 30.3 Å². The molecule has 2 unspecified atom stereocenters. The lowest BCUT2D eigenvalue weighted by molar-refractivity contribution is -0.117. The highest BCUT2D eigenvalue weighted by Gasteiger charge is 2.26. The molecule has 1 aliphatic rings. The average Bonchev–Trinajstić information content (AvgIpc) is 2.97. The lowest BCUT2D eigenvalue weighted by Crippen LogP contribution is -2.01. The number of Topliss-reactive ketones (excluding diaryl/α,β-unsaturated/α-hetero) is 1. The molecule has 0 bridgehead atoms. The van der Waals surface area contributed by atoms with Crippen molar-refractivity contribution < 1.29 is 9.53 Å². The van der Waals surface area contributed by atoms with Gasteiger partial charge in [-0.3, -0.25) is 0 Å². The molecule has 0 aliphatic heterocycles. The first-order chi connectivity index (χ1) is 10.7. The van der Waals surface area contributed by atoms with E-state index in [-0.39, 0.29) is 0 Å². The van der Waals surface area contributed by atoms with Gasteiger partial charge in [0.2, 0.25) is 0 Å². The standard InChI is InChI=1S/C20H22O2/c1-15(21)13-16-7-8-18(14-16)17-9-11-20(12-10-17)22-19-5-3-2-4-6-19/h2-6,9-12,16,18H,7-8,13-14H2,1H3. The molecule has 0 heterocycles. The maximum atomic E-state index is 11.2. The molecular weight excluding hydrogens is 272 g/mol. The minimum absolute atomic E-state index is 0.317. The molecule has 0 saturated heterocycles. The zero-order valence-electron chi connectivity index (χ0n) is 13.0. The number of hydrogen-bond donors (Lipinski definition) is 0. The molecule has 3 rings (SSSR count). The van der Waals surface area contributed by atoms with E-state index in [1.165, 1.54) is 18.4 Å². The van der Waals surface area contributed by atoms with Crippen molar-refractivity contribution in [2.75, 3.05) is 0 Å². The second-order valence-electron chi connectivity index (χ2n) is 6.27. The summed E-state index contributed by atoms with van der Waals surface area (Å²) in [5.41, 5.74) is 1.37. The van der Waals surface area contributed by atoms with Gasteiger partial charge in [0.05, 0.1) is 0 Å². The topological polar surface area (TPSA) is 26.3 Å². The monoisotopic (exact) mass is 294 g/mol. The Morgan fingerprint density at radius 3 is 2.36 bits per heavy atom. The van der Waals surface area contributed by atoms with Gasteiger partial charge in [0.25, 0.3) is 0 Å². The maximum absolute atomic E-state index is 11.2. The molecule has 0 N–H and O–H groups in total. The predicted molar refractivity (Wildman–Crippen MR) is 88.3 cm³/mol. The van der Waals surface area contributed by atoms with E-state index in [4.69, 9.17) is 4.74 Å². The van der Waals surface area contributed by atoms with E-state index in [0.717, 1.165) is 24.3 Å². The molecular formula is C20H22O2. The van der Waals surface area contributed by atoms with Crippen LogP contribution in [0.1, 0.15) is 44.1 Å². The van der Waals surface area contributed by atoms with Crippen LogP contribution in [0.3, 0.4) is 0 Å². The summed E-state index contributed by atoms with van der Waals surface area (Å²) in [7, 11) is 0. The summed E-state index contributed by atoms with van der Waals surface area (Å²) in [4.78, 5) is 11.2. The smallest absolute Gasteiger partial charge is 0.130 e. The average molecular weight is 294 g/mol. The molecule has 2 aromatic carbocycles. The van der Waals surface area contributed by atoms with Gasteiger partial charge in [0.15, 0.2) is 0 Å². The molecule has 2 atom stereocenters. The predicted octanol–water partition coefficient (Wildman–Crippen LogP) is 5.34. The molecule has 2 nitrogen and oxygen atoms in total. The summed E-state index contributed by atoms with van der Waals surface area (Å²) in [6.45, 7) is 1.70. The van der Waals surface area contributed by atoms with Gasteiger partial charge in [-0.15, -0.1) is 0 Å². The van der Waals surface area contributed by atoms with Gasteiger partial charge in [0.1, 0.15) is 17.3 Å². The second-order valence-corrected chi connectivity index (χ2v) is 6.27. The molecule has 0 spiro atoms. The first kappa shape index (κ1) is 14.8. The Hall–Kier alpha value is -2.09. The lowest BCUT2D eigenvalue weighted by Gasteiger charge is -2.12. The third-order valence-corrected chi connectivity index (χ3v) is 4.45. The Morgan fingerprint density at radius 1 is 1.00 bits per heavy atom. The van der Waals surface area contributed by atoms with Crippen molar-refractivity contribution in [1.82, 2.24) is 0 Å². The van der Waals surface area contributed by atoms with Crippen LogP contribution >= 0.6 is 0 Å². The Labute approximate surface area is 132 Å². The molecule has 2 aromatic rings. The summed E-state index contributed by atoms with van der Waals surface area (Å²) >= 11 is 0. The van der Waals surface area contributed by atoms with E-state index in [1.54, 1.807) is 6.92 Å². The first-order valence-corrected chi connectivity index (χ1v) is 8.03. The number of benzene rings is 2. The van der Waals surface area contributed by atoms with Gasteiger partial charge >= 0.3 is 0 Å². The van der Waals surface area contributed by atoms with Crippen molar-refractivity contribution in [3.63, 3.8) is 0 Å². The van der Waals surface area contributed by atoms with Gasteiger partial charge in [0, 0.05) is 6.42 Å². The fraction of sp³-hybridized carbons (Fsp3) is 0.350. The maximum Gasteiger partial charge on any atom is 0.130 e. The molecule has 1 saturated carbocycles. The Kier molecular flexibility index (Phi) is 4.57. The first-order valence-electron chi connectivity index (χ1n) is 8.03. The molecule has 0 radical (unpaired) electrons. The van der Waals surface area contributed by atoms with Crippen LogP contribution in [-0.2, 0) is 4.79 Å². The second kappa shape index (κ2) is 6.78. The molecule has 114 valence electrons. The molecule has 0 amide bonds. The van der Waals surface area contributed by atoms with Crippen LogP contribution in [0, 0.1) is 5.92 Å². The van der Waals surface area contributed by atoms with Crippen molar-refractivity contribution in [3.05, 3.63) is 60.2 Å². The fourth-order valence-electron chi connectivity index (χ4n) is 3.40. The lowest BCUT2D eigenvalue weighted by atomic mass is 9.94.